The van der Waals surface area contributed by atoms with E-state index in [0.717, 1.165) is 44.3 Å². The molecule has 0 heterocycles. The van der Waals surface area contributed by atoms with Crippen LogP contribution >= 0.6 is 11.8 Å². The summed E-state index contributed by atoms with van der Waals surface area (Å²) >= 11 is 1.72. The molecule has 0 aliphatic heterocycles. The number of rotatable bonds is 13. The predicted molar refractivity (Wildman–Crippen MR) is 101 cm³/mol. The van der Waals surface area contributed by atoms with Gasteiger partial charge in [0.2, 0.25) is 0 Å². The summed E-state index contributed by atoms with van der Waals surface area (Å²) in [5.41, 5.74) is 0. The quantitative estimate of drug-likeness (QED) is 0.301. The van der Waals surface area contributed by atoms with E-state index in [4.69, 9.17) is 4.74 Å². The van der Waals surface area contributed by atoms with Gasteiger partial charge in [0, 0.05) is 17.1 Å². The number of carbonyl (C=O) groups excluding carboxylic acids is 1. The number of unbranched alkanes of at least 4 members (excludes halogenated alkanes) is 5. The van der Waals surface area contributed by atoms with Crippen molar-refractivity contribution in [2.75, 3.05) is 5.75 Å². The van der Waals surface area contributed by atoms with E-state index in [1.165, 1.54) is 11.3 Å². The van der Waals surface area contributed by atoms with Crippen LogP contribution in [0.15, 0.2) is 35.2 Å². The Morgan fingerprint density at radius 1 is 1.04 bits per heavy atom. The van der Waals surface area contributed by atoms with E-state index in [2.05, 4.69) is 12.1 Å². The van der Waals surface area contributed by atoms with Gasteiger partial charge in [-0.3, -0.25) is 4.79 Å². The molecule has 0 aromatic heterocycles. The highest BCUT2D eigenvalue weighted by atomic mass is 32.2. The zero-order chi connectivity index (χ0) is 17.6. The molecule has 0 radical (unpaired) electrons. The molecule has 0 amide bonds. The maximum Gasteiger partial charge on any atom is 0.306 e. The van der Waals surface area contributed by atoms with Crippen LogP contribution in [-0.4, -0.2) is 29.0 Å². The molecule has 0 aliphatic rings. The smallest absolute Gasteiger partial charge is 0.306 e. The molecule has 4 heteroatoms. The van der Waals surface area contributed by atoms with Crippen LogP contribution in [0.5, 0.6) is 0 Å². The molecule has 0 aliphatic carbocycles. The van der Waals surface area contributed by atoms with Crippen LogP contribution in [0.4, 0.5) is 0 Å². The molecular weight excluding hydrogens is 320 g/mol. The Labute approximate surface area is 151 Å². The molecule has 0 fully saturated rings. The van der Waals surface area contributed by atoms with Crippen LogP contribution < -0.4 is 0 Å². The fourth-order valence-electron chi connectivity index (χ4n) is 2.47. The first-order valence-electron chi connectivity index (χ1n) is 9.13. The van der Waals surface area contributed by atoms with Crippen LogP contribution in [0.2, 0.25) is 0 Å². The molecule has 1 unspecified atom stereocenters. The molecule has 3 nitrogen and oxygen atoms in total. The van der Waals surface area contributed by atoms with E-state index in [1.807, 2.05) is 32.0 Å². The van der Waals surface area contributed by atoms with E-state index in [0.29, 0.717) is 6.42 Å². The first kappa shape index (κ1) is 21.0. The molecule has 1 aromatic rings. The van der Waals surface area contributed by atoms with Gasteiger partial charge in [0.15, 0.2) is 0 Å². The second-order valence-corrected chi connectivity index (χ2v) is 7.57. The number of aliphatic hydroxyl groups is 1. The van der Waals surface area contributed by atoms with Gasteiger partial charge in [-0.15, -0.1) is 11.8 Å². The number of benzene rings is 1. The van der Waals surface area contributed by atoms with Crippen molar-refractivity contribution < 1.29 is 14.6 Å². The average Bonchev–Trinajstić information content (AvgIpc) is 2.55. The molecule has 136 valence electrons. The molecule has 1 aromatic carbocycles. The molecule has 0 saturated heterocycles. The van der Waals surface area contributed by atoms with Gasteiger partial charge in [0.05, 0.1) is 12.2 Å². The minimum atomic E-state index is -0.221. The number of thioether (sulfide) groups is 1. The van der Waals surface area contributed by atoms with Crippen molar-refractivity contribution in [1.29, 1.82) is 0 Å². The van der Waals surface area contributed by atoms with E-state index in [1.54, 1.807) is 11.8 Å². The fraction of sp³-hybridized carbons (Fsp3) is 0.650. The Bertz CT molecular complexity index is 434. The molecule has 0 spiro atoms. The standard InChI is InChI=1S/C20H32O3S/c1-17(2)23-20(22)15-11-6-4-3-5-8-12-18(21)16-24-19-13-9-7-10-14-19/h7,9-10,13-14,17-18,21H,3-6,8,11-12,15-16H2,1-2H3. The number of hydrogen-bond acceptors (Lipinski definition) is 4. The van der Waals surface area contributed by atoms with Crippen LogP contribution in [0, 0.1) is 0 Å². The van der Waals surface area contributed by atoms with E-state index in [-0.39, 0.29) is 18.2 Å². The molecule has 1 atom stereocenters. The summed E-state index contributed by atoms with van der Waals surface area (Å²) in [5, 5.41) is 10.0. The normalized spacial score (nSPS) is 12.3. The number of esters is 1. The van der Waals surface area contributed by atoms with Gasteiger partial charge in [-0.25, -0.2) is 0 Å². The summed E-state index contributed by atoms with van der Waals surface area (Å²) in [6.07, 6.45) is 7.75. The zero-order valence-electron chi connectivity index (χ0n) is 15.1. The summed E-state index contributed by atoms with van der Waals surface area (Å²) in [5.74, 6) is 0.686. The minimum Gasteiger partial charge on any atom is -0.463 e. The van der Waals surface area contributed by atoms with Crippen molar-refractivity contribution in [3.63, 3.8) is 0 Å². The lowest BCUT2D eigenvalue weighted by Crippen LogP contribution is -2.10. The monoisotopic (exact) mass is 352 g/mol. The first-order chi connectivity index (χ1) is 11.6. The van der Waals surface area contributed by atoms with Crippen LogP contribution in [0.3, 0.4) is 0 Å². The summed E-state index contributed by atoms with van der Waals surface area (Å²) in [7, 11) is 0. The van der Waals surface area contributed by atoms with E-state index in [9.17, 15) is 9.90 Å². The number of ether oxygens (including phenoxy) is 1. The highest BCUT2D eigenvalue weighted by Gasteiger charge is 2.06. The second-order valence-electron chi connectivity index (χ2n) is 6.48. The van der Waals surface area contributed by atoms with Gasteiger partial charge in [0.25, 0.3) is 0 Å². The largest absolute Gasteiger partial charge is 0.463 e. The highest BCUT2D eigenvalue weighted by Crippen LogP contribution is 2.20. The van der Waals surface area contributed by atoms with Gasteiger partial charge in [-0.05, 0) is 38.8 Å². The Hall–Kier alpha value is -1.00. The molecule has 24 heavy (non-hydrogen) atoms. The van der Waals surface area contributed by atoms with Crippen molar-refractivity contribution in [3.05, 3.63) is 30.3 Å². The van der Waals surface area contributed by atoms with Crippen molar-refractivity contribution in [1.82, 2.24) is 0 Å². The lowest BCUT2D eigenvalue weighted by Gasteiger charge is -2.10. The third-order valence-electron chi connectivity index (χ3n) is 3.72. The molecule has 0 saturated carbocycles. The summed E-state index contributed by atoms with van der Waals surface area (Å²) in [6, 6.07) is 10.2. The van der Waals surface area contributed by atoms with Crippen molar-refractivity contribution in [2.24, 2.45) is 0 Å². The average molecular weight is 353 g/mol. The predicted octanol–water partition coefficient (Wildman–Crippen LogP) is 5.21. The van der Waals surface area contributed by atoms with Crippen LogP contribution in [0.1, 0.15) is 65.2 Å². The van der Waals surface area contributed by atoms with Gasteiger partial charge in [-0.2, -0.15) is 0 Å². The summed E-state index contributed by atoms with van der Waals surface area (Å²) < 4.78 is 5.11. The molecule has 0 bridgehead atoms. The van der Waals surface area contributed by atoms with E-state index >= 15 is 0 Å². The maximum atomic E-state index is 11.4. The number of carbonyl (C=O) groups is 1. The number of aliphatic hydroxyl groups excluding tert-OH is 1. The lowest BCUT2D eigenvalue weighted by atomic mass is 10.1. The number of hydrogen-bond donors (Lipinski definition) is 1. The Balaban J connectivity index is 1.90. The minimum absolute atomic E-state index is 0.0102. The zero-order valence-corrected chi connectivity index (χ0v) is 15.9. The molecule has 1 N–H and O–H groups in total. The van der Waals surface area contributed by atoms with Crippen molar-refractivity contribution in [2.45, 2.75) is 82.3 Å². The SMILES string of the molecule is CC(C)OC(=O)CCCCCCCCC(O)CSc1ccccc1. The van der Waals surface area contributed by atoms with E-state index < -0.39 is 0 Å². The van der Waals surface area contributed by atoms with Crippen LogP contribution in [0.25, 0.3) is 0 Å². The van der Waals surface area contributed by atoms with Crippen molar-refractivity contribution in [3.8, 4) is 0 Å². The van der Waals surface area contributed by atoms with Gasteiger partial charge in [-0.1, -0.05) is 50.3 Å². The summed E-state index contributed by atoms with van der Waals surface area (Å²) in [4.78, 5) is 12.6. The van der Waals surface area contributed by atoms with Gasteiger partial charge >= 0.3 is 5.97 Å². The third kappa shape index (κ3) is 11.5. The Kier molecular flexibility index (Phi) is 11.7. The van der Waals surface area contributed by atoms with Gasteiger partial charge < -0.3 is 9.84 Å². The topological polar surface area (TPSA) is 46.5 Å². The van der Waals surface area contributed by atoms with Crippen LogP contribution in [-0.2, 0) is 9.53 Å². The lowest BCUT2D eigenvalue weighted by molar-refractivity contribution is -0.147. The van der Waals surface area contributed by atoms with Gasteiger partial charge in [0.1, 0.15) is 0 Å². The highest BCUT2D eigenvalue weighted by molar-refractivity contribution is 7.99. The van der Waals surface area contributed by atoms with Crippen molar-refractivity contribution >= 4 is 17.7 Å². The third-order valence-corrected chi connectivity index (χ3v) is 4.88. The Morgan fingerprint density at radius 3 is 2.33 bits per heavy atom. The maximum absolute atomic E-state index is 11.4. The molecule has 1 rings (SSSR count). The molecular formula is C20H32O3S. The first-order valence-corrected chi connectivity index (χ1v) is 10.1. The fourth-order valence-corrected chi connectivity index (χ4v) is 3.37. The second kappa shape index (κ2) is 13.3. The summed E-state index contributed by atoms with van der Waals surface area (Å²) in [6.45, 7) is 3.76. The Morgan fingerprint density at radius 2 is 1.67 bits per heavy atom.